The highest BCUT2D eigenvalue weighted by Gasteiger charge is 2.55. The summed E-state index contributed by atoms with van der Waals surface area (Å²) in [7, 11) is -3.29. The molecule has 110 valence electrons. The van der Waals surface area contributed by atoms with Crippen molar-refractivity contribution in [1.29, 1.82) is 0 Å². The van der Waals surface area contributed by atoms with E-state index in [4.69, 9.17) is 9.47 Å². The number of hydrogen-bond donors (Lipinski definition) is 0. The van der Waals surface area contributed by atoms with Crippen molar-refractivity contribution in [1.82, 2.24) is 0 Å². The van der Waals surface area contributed by atoms with Gasteiger partial charge >= 0.3 is 11.9 Å². The van der Waals surface area contributed by atoms with Crippen LogP contribution in [0.1, 0.15) is 33.1 Å². The molecule has 1 aliphatic rings. The van der Waals surface area contributed by atoms with Crippen molar-refractivity contribution in [2.75, 3.05) is 19.5 Å². The minimum atomic E-state index is -3.29. The molecule has 0 N–H and O–H groups in total. The lowest BCUT2D eigenvalue weighted by atomic mass is 9.86. The zero-order valence-electron chi connectivity index (χ0n) is 11.5. The highest BCUT2D eigenvalue weighted by atomic mass is 32.2. The van der Waals surface area contributed by atoms with Gasteiger partial charge in [-0.2, -0.15) is 0 Å². The van der Waals surface area contributed by atoms with Gasteiger partial charge in [-0.25, -0.2) is 8.42 Å². The second-order valence-electron chi connectivity index (χ2n) is 4.72. The number of rotatable bonds is 5. The first-order valence-electron chi connectivity index (χ1n) is 6.31. The molecule has 19 heavy (non-hydrogen) atoms. The van der Waals surface area contributed by atoms with E-state index in [0.717, 1.165) is 6.26 Å². The average molecular weight is 292 g/mol. The monoisotopic (exact) mass is 292 g/mol. The van der Waals surface area contributed by atoms with Crippen LogP contribution >= 0.6 is 0 Å². The second kappa shape index (κ2) is 5.90. The minimum Gasteiger partial charge on any atom is -0.465 e. The average Bonchev–Trinajstić information content (AvgIpc) is 2.75. The molecule has 7 heteroatoms. The lowest BCUT2D eigenvalue weighted by Crippen LogP contribution is -2.41. The maximum absolute atomic E-state index is 12.0. The van der Waals surface area contributed by atoms with Crippen LogP contribution in [0.5, 0.6) is 0 Å². The van der Waals surface area contributed by atoms with Crippen LogP contribution in [0.4, 0.5) is 0 Å². The van der Waals surface area contributed by atoms with Crippen molar-refractivity contribution >= 4 is 21.8 Å². The van der Waals surface area contributed by atoms with Gasteiger partial charge in [0.05, 0.1) is 18.5 Å². The smallest absolute Gasteiger partial charge is 0.323 e. The Balaban J connectivity index is 3.03. The number of carbonyl (C=O) groups excluding carboxylic acids is 2. The third-order valence-electron chi connectivity index (χ3n) is 3.41. The van der Waals surface area contributed by atoms with Crippen LogP contribution in [0, 0.1) is 5.41 Å². The van der Waals surface area contributed by atoms with Crippen molar-refractivity contribution in [3.05, 3.63) is 0 Å². The first-order chi connectivity index (χ1) is 8.78. The maximum atomic E-state index is 12.0. The summed E-state index contributed by atoms with van der Waals surface area (Å²) in [5.41, 5.74) is -1.46. The Labute approximate surface area is 113 Å². The molecular weight excluding hydrogens is 272 g/mol. The Morgan fingerprint density at radius 3 is 1.95 bits per heavy atom. The standard InChI is InChI=1S/C12H20O6S/c1-4-17-10(13)12(11(14)18-5-2)7-6-9(8-12)19(3,15)16/h9H,4-8H2,1-3H3/t9-/m1/s1. The predicted octanol–water partition coefficient (Wildman–Crippen LogP) is 0.696. The Hall–Kier alpha value is -1.11. The summed E-state index contributed by atoms with van der Waals surface area (Å²) in [4.78, 5) is 24.1. The summed E-state index contributed by atoms with van der Waals surface area (Å²) < 4.78 is 33.0. The van der Waals surface area contributed by atoms with E-state index in [2.05, 4.69) is 0 Å². The van der Waals surface area contributed by atoms with E-state index in [1.165, 1.54) is 0 Å². The fourth-order valence-corrected chi connectivity index (χ4v) is 3.49. The van der Waals surface area contributed by atoms with Crippen molar-refractivity contribution in [3.63, 3.8) is 0 Å². The van der Waals surface area contributed by atoms with E-state index in [1.807, 2.05) is 0 Å². The van der Waals surface area contributed by atoms with Gasteiger partial charge in [0, 0.05) is 6.26 Å². The molecule has 1 rings (SSSR count). The summed E-state index contributed by atoms with van der Waals surface area (Å²) in [6.07, 6.45) is 1.49. The van der Waals surface area contributed by atoms with Crippen LogP contribution in [0.15, 0.2) is 0 Å². The molecule has 0 radical (unpaired) electrons. The molecule has 1 saturated carbocycles. The topological polar surface area (TPSA) is 86.7 Å². The largest absolute Gasteiger partial charge is 0.465 e. The highest BCUT2D eigenvalue weighted by Crippen LogP contribution is 2.43. The maximum Gasteiger partial charge on any atom is 0.323 e. The van der Waals surface area contributed by atoms with Crippen LogP contribution in [-0.2, 0) is 28.9 Å². The summed E-state index contributed by atoms with van der Waals surface area (Å²) >= 11 is 0. The quantitative estimate of drug-likeness (QED) is 0.547. The fourth-order valence-electron chi connectivity index (χ4n) is 2.36. The van der Waals surface area contributed by atoms with E-state index in [-0.39, 0.29) is 32.5 Å². The summed E-state index contributed by atoms with van der Waals surface area (Å²) in [5, 5.41) is -0.693. The van der Waals surface area contributed by atoms with Crippen LogP contribution in [-0.4, -0.2) is 45.1 Å². The van der Waals surface area contributed by atoms with Crippen LogP contribution < -0.4 is 0 Å². The molecule has 0 saturated heterocycles. The summed E-state index contributed by atoms with van der Waals surface area (Å²) in [6.45, 7) is 3.56. The molecule has 0 unspecified atom stereocenters. The normalized spacial score (nSPS) is 21.9. The molecule has 0 heterocycles. The Bertz CT molecular complexity index is 435. The van der Waals surface area contributed by atoms with Gasteiger partial charge in [-0.15, -0.1) is 0 Å². The van der Waals surface area contributed by atoms with Crippen molar-refractivity contribution in [2.24, 2.45) is 5.41 Å². The first kappa shape index (κ1) is 15.9. The molecule has 1 fully saturated rings. The van der Waals surface area contributed by atoms with E-state index in [1.54, 1.807) is 13.8 Å². The molecular formula is C12H20O6S. The van der Waals surface area contributed by atoms with Gasteiger partial charge in [0.15, 0.2) is 5.41 Å². The predicted molar refractivity (Wildman–Crippen MR) is 68.2 cm³/mol. The molecule has 0 bridgehead atoms. The summed E-state index contributed by atoms with van der Waals surface area (Å²) in [6, 6.07) is 0. The molecule has 0 aliphatic heterocycles. The molecule has 0 aromatic carbocycles. The zero-order valence-corrected chi connectivity index (χ0v) is 12.3. The Kier molecular flexibility index (Phi) is 4.95. The van der Waals surface area contributed by atoms with Crippen molar-refractivity contribution in [3.8, 4) is 0 Å². The van der Waals surface area contributed by atoms with Gasteiger partial charge in [-0.1, -0.05) is 0 Å². The molecule has 6 nitrogen and oxygen atoms in total. The molecule has 0 aromatic rings. The van der Waals surface area contributed by atoms with E-state index >= 15 is 0 Å². The third kappa shape index (κ3) is 3.26. The van der Waals surface area contributed by atoms with Crippen molar-refractivity contribution < 1.29 is 27.5 Å². The van der Waals surface area contributed by atoms with Crippen LogP contribution in [0.25, 0.3) is 0 Å². The number of carbonyl (C=O) groups is 2. The lowest BCUT2D eigenvalue weighted by molar-refractivity contribution is -0.171. The number of hydrogen-bond acceptors (Lipinski definition) is 6. The van der Waals surface area contributed by atoms with Crippen LogP contribution in [0.2, 0.25) is 0 Å². The van der Waals surface area contributed by atoms with E-state index in [9.17, 15) is 18.0 Å². The van der Waals surface area contributed by atoms with E-state index in [0.29, 0.717) is 0 Å². The SMILES string of the molecule is CCOC(=O)C1(C(=O)OCC)CC[C@@H](S(C)(=O)=O)C1. The fraction of sp³-hybridized carbons (Fsp3) is 0.833. The first-order valence-corrected chi connectivity index (χ1v) is 8.26. The van der Waals surface area contributed by atoms with Gasteiger partial charge in [0.2, 0.25) is 0 Å². The minimum absolute atomic E-state index is 0.0521. The highest BCUT2D eigenvalue weighted by molar-refractivity contribution is 7.91. The Morgan fingerprint density at radius 2 is 1.63 bits per heavy atom. The van der Waals surface area contributed by atoms with Gasteiger partial charge in [-0.05, 0) is 33.1 Å². The number of esters is 2. The van der Waals surface area contributed by atoms with E-state index < -0.39 is 32.4 Å². The zero-order chi connectivity index (χ0) is 14.7. The number of ether oxygens (including phenoxy) is 2. The van der Waals surface area contributed by atoms with Crippen LogP contribution in [0.3, 0.4) is 0 Å². The van der Waals surface area contributed by atoms with Gasteiger partial charge in [0.25, 0.3) is 0 Å². The van der Waals surface area contributed by atoms with Gasteiger partial charge < -0.3 is 9.47 Å². The van der Waals surface area contributed by atoms with Gasteiger partial charge in [-0.3, -0.25) is 9.59 Å². The second-order valence-corrected chi connectivity index (χ2v) is 7.04. The lowest BCUT2D eigenvalue weighted by Gasteiger charge is -2.24. The van der Waals surface area contributed by atoms with Crippen molar-refractivity contribution in [2.45, 2.75) is 38.4 Å². The molecule has 0 amide bonds. The number of sulfone groups is 1. The third-order valence-corrected chi connectivity index (χ3v) is 5.02. The molecule has 0 aromatic heterocycles. The molecule has 0 spiro atoms. The summed E-state index contributed by atoms with van der Waals surface area (Å²) in [5.74, 6) is -1.36. The molecule has 1 aliphatic carbocycles. The Morgan fingerprint density at radius 1 is 1.16 bits per heavy atom. The molecule has 1 atom stereocenters. The van der Waals surface area contributed by atoms with Gasteiger partial charge in [0.1, 0.15) is 9.84 Å².